The number of hydrogen-bond donors (Lipinski definition) is 3. The first-order valence-electron chi connectivity index (χ1n) is 5.03. The Morgan fingerprint density at radius 3 is 2.28 bits per heavy atom. The summed E-state index contributed by atoms with van der Waals surface area (Å²) >= 11 is 0. The molecule has 0 radical (unpaired) electrons. The molecule has 0 aliphatic heterocycles. The van der Waals surface area contributed by atoms with E-state index in [9.17, 15) is 23.1 Å². The summed E-state index contributed by atoms with van der Waals surface area (Å²) in [5.74, 6) is -4.95. The predicted molar refractivity (Wildman–Crippen MR) is 56.4 cm³/mol. The van der Waals surface area contributed by atoms with Crippen LogP contribution >= 0.6 is 0 Å². The second kappa shape index (κ2) is 5.36. The van der Waals surface area contributed by atoms with Crippen LogP contribution in [0.5, 0.6) is 0 Å². The maximum atomic E-state index is 13.2. The van der Waals surface area contributed by atoms with Gasteiger partial charge in [0, 0.05) is 18.7 Å². The zero-order chi connectivity index (χ0) is 13.9. The number of aliphatic hydroxyl groups is 2. The zero-order valence-electron chi connectivity index (χ0n) is 9.51. The molecule has 0 saturated carbocycles. The molecule has 0 heterocycles. The quantitative estimate of drug-likeness (QED) is 0.744. The van der Waals surface area contributed by atoms with Crippen molar-refractivity contribution in [2.45, 2.75) is 12.5 Å². The minimum absolute atomic E-state index is 0.377. The Kier molecular flexibility index (Phi) is 4.31. The lowest BCUT2D eigenvalue weighted by Gasteiger charge is -2.20. The summed E-state index contributed by atoms with van der Waals surface area (Å²) in [6, 6.07) is 0.754. The number of carbonyl (C=O) groups excluding carboxylic acids is 1. The summed E-state index contributed by atoms with van der Waals surface area (Å²) in [6.45, 7) is 0.185. The van der Waals surface area contributed by atoms with Crippen LogP contribution in [0.1, 0.15) is 17.3 Å². The van der Waals surface area contributed by atoms with Gasteiger partial charge in [-0.15, -0.1) is 0 Å². The van der Waals surface area contributed by atoms with E-state index in [0.717, 1.165) is 0 Å². The Bertz CT molecular complexity index is 440. The first kappa shape index (κ1) is 14.5. The van der Waals surface area contributed by atoms with Crippen LogP contribution in [-0.4, -0.2) is 34.9 Å². The average Bonchev–Trinajstić information content (AvgIpc) is 2.25. The monoisotopic (exact) mass is 263 g/mol. The molecule has 1 aromatic carbocycles. The number of amides is 1. The summed E-state index contributed by atoms with van der Waals surface area (Å²) in [6.07, 6.45) is 0. The largest absolute Gasteiger partial charge is 0.393 e. The maximum Gasteiger partial charge on any atom is 0.257 e. The Hall–Kier alpha value is -1.60. The van der Waals surface area contributed by atoms with E-state index in [-0.39, 0.29) is 0 Å². The lowest BCUT2D eigenvalue weighted by molar-refractivity contribution is 0.00313. The molecular formula is C11H12F3NO3. The molecular weight excluding hydrogens is 251 g/mol. The van der Waals surface area contributed by atoms with Crippen LogP contribution in [0, 0.1) is 17.5 Å². The van der Waals surface area contributed by atoms with Gasteiger partial charge in [0.05, 0.1) is 6.61 Å². The molecule has 0 aliphatic rings. The van der Waals surface area contributed by atoms with E-state index < -0.39 is 47.7 Å². The summed E-state index contributed by atoms with van der Waals surface area (Å²) < 4.78 is 39.0. The van der Waals surface area contributed by atoms with Crippen LogP contribution in [0.3, 0.4) is 0 Å². The molecule has 0 fully saturated rings. The SMILES string of the molecule is CC(O)(CO)CNC(=O)c1c(F)cc(F)cc1F. The molecule has 1 atom stereocenters. The van der Waals surface area contributed by atoms with E-state index in [1.165, 1.54) is 6.92 Å². The van der Waals surface area contributed by atoms with E-state index in [4.69, 9.17) is 5.11 Å². The standard InChI is InChI=1S/C11H12F3NO3/c1-11(18,5-16)4-15-10(17)9-7(13)2-6(12)3-8(9)14/h2-3,16,18H,4-5H2,1H3,(H,15,17). The number of halogens is 3. The van der Waals surface area contributed by atoms with E-state index >= 15 is 0 Å². The Morgan fingerprint density at radius 1 is 1.33 bits per heavy atom. The van der Waals surface area contributed by atoms with Crippen molar-refractivity contribution in [1.82, 2.24) is 5.32 Å². The van der Waals surface area contributed by atoms with Crippen molar-refractivity contribution in [2.24, 2.45) is 0 Å². The van der Waals surface area contributed by atoms with Gasteiger partial charge in [-0.25, -0.2) is 13.2 Å². The Balaban J connectivity index is 2.86. The van der Waals surface area contributed by atoms with E-state index in [1.54, 1.807) is 0 Å². The van der Waals surface area contributed by atoms with Gasteiger partial charge in [0.25, 0.3) is 5.91 Å². The van der Waals surface area contributed by atoms with Crippen LogP contribution in [-0.2, 0) is 0 Å². The number of benzene rings is 1. The molecule has 1 aromatic rings. The fraction of sp³-hybridized carbons (Fsp3) is 0.364. The Labute approximate surface area is 101 Å². The van der Waals surface area contributed by atoms with Gasteiger partial charge in [-0.2, -0.15) is 0 Å². The highest BCUT2D eigenvalue weighted by Gasteiger charge is 2.23. The molecule has 100 valence electrons. The van der Waals surface area contributed by atoms with Crippen molar-refractivity contribution in [3.8, 4) is 0 Å². The third-order valence-corrected chi connectivity index (χ3v) is 2.20. The van der Waals surface area contributed by atoms with Gasteiger partial charge in [-0.1, -0.05) is 0 Å². The number of aliphatic hydroxyl groups excluding tert-OH is 1. The van der Waals surface area contributed by atoms with Gasteiger partial charge >= 0.3 is 0 Å². The number of hydrogen-bond acceptors (Lipinski definition) is 3. The van der Waals surface area contributed by atoms with E-state index in [2.05, 4.69) is 0 Å². The van der Waals surface area contributed by atoms with Crippen molar-refractivity contribution in [3.05, 3.63) is 35.1 Å². The highest BCUT2D eigenvalue weighted by atomic mass is 19.1. The third kappa shape index (κ3) is 3.44. The minimum atomic E-state index is -1.61. The molecule has 1 unspecified atom stereocenters. The molecule has 0 bridgehead atoms. The summed E-state index contributed by atoms with van der Waals surface area (Å²) in [7, 11) is 0. The highest BCUT2D eigenvalue weighted by molar-refractivity contribution is 5.94. The molecule has 0 aromatic heterocycles. The van der Waals surface area contributed by atoms with Gasteiger partial charge in [0.15, 0.2) is 0 Å². The smallest absolute Gasteiger partial charge is 0.257 e. The normalized spacial score (nSPS) is 14.1. The van der Waals surface area contributed by atoms with Gasteiger partial charge in [-0.05, 0) is 6.92 Å². The van der Waals surface area contributed by atoms with Gasteiger partial charge in [0.1, 0.15) is 28.6 Å². The molecule has 7 heteroatoms. The van der Waals surface area contributed by atoms with Gasteiger partial charge < -0.3 is 15.5 Å². The van der Waals surface area contributed by atoms with Gasteiger partial charge in [-0.3, -0.25) is 4.79 Å². The van der Waals surface area contributed by atoms with Crippen molar-refractivity contribution < 1.29 is 28.2 Å². The molecule has 0 saturated heterocycles. The average molecular weight is 263 g/mol. The number of nitrogens with one attached hydrogen (secondary N) is 1. The molecule has 1 rings (SSSR count). The van der Waals surface area contributed by atoms with Crippen LogP contribution in [0.2, 0.25) is 0 Å². The lowest BCUT2D eigenvalue weighted by Crippen LogP contribution is -2.43. The summed E-state index contributed by atoms with van der Waals surface area (Å²) in [5.41, 5.74) is -2.55. The second-order valence-corrected chi connectivity index (χ2v) is 4.08. The molecule has 1 amide bonds. The Morgan fingerprint density at radius 2 is 1.83 bits per heavy atom. The van der Waals surface area contributed by atoms with Crippen molar-refractivity contribution in [3.63, 3.8) is 0 Å². The fourth-order valence-corrected chi connectivity index (χ4v) is 1.17. The summed E-state index contributed by atoms with van der Waals surface area (Å²) in [4.78, 5) is 11.5. The first-order valence-corrected chi connectivity index (χ1v) is 5.03. The number of rotatable bonds is 4. The van der Waals surface area contributed by atoms with E-state index in [0.29, 0.717) is 12.1 Å². The molecule has 0 spiro atoms. The maximum absolute atomic E-state index is 13.2. The predicted octanol–water partition coefficient (Wildman–Crippen LogP) is 0.577. The van der Waals surface area contributed by atoms with Crippen LogP contribution in [0.4, 0.5) is 13.2 Å². The lowest BCUT2D eigenvalue weighted by atomic mass is 10.1. The zero-order valence-corrected chi connectivity index (χ0v) is 9.51. The van der Waals surface area contributed by atoms with E-state index in [1.807, 2.05) is 5.32 Å². The molecule has 0 aliphatic carbocycles. The molecule has 18 heavy (non-hydrogen) atoms. The fourth-order valence-electron chi connectivity index (χ4n) is 1.17. The van der Waals surface area contributed by atoms with Crippen molar-refractivity contribution in [2.75, 3.05) is 13.2 Å². The van der Waals surface area contributed by atoms with Crippen LogP contribution < -0.4 is 5.32 Å². The van der Waals surface area contributed by atoms with Crippen molar-refractivity contribution >= 4 is 5.91 Å². The van der Waals surface area contributed by atoms with Gasteiger partial charge in [0.2, 0.25) is 0 Å². The molecule has 4 nitrogen and oxygen atoms in total. The van der Waals surface area contributed by atoms with Crippen LogP contribution in [0.15, 0.2) is 12.1 Å². The topological polar surface area (TPSA) is 69.6 Å². The molecule has 3 N–H and O–H groups in total. The van der Waals surface area contributed by atoms with Crippen LogP contribution in [0.25, 0.3) is 0 Å². The third-order valence-electron chi connectivity index (χ3n) is 2.20. The second-order valence-electron chi connectivity index (χ2n) is 4.08. The number of carbonyl (C=O) groups is 1. The van der Waals surface area contributed by atoms with Crippen molar-refractivity contribution in [1.29, 1.82) is 0 Å². The summed E-state index contributed by atoms with van der Waals surface area (Å²) in [5, 5.41) is 20.2. The highest BCUT2D eigenvalue weighted by Crippen LogP contribution is 2.14. The minimum Gasteiger partial charge on any atom is -0.393 e. The first-order chi connectivity index (χ1) is 8.26.